The lowest BCUT2D eigenvalue weighted by atomic mass is 9.55. The van der Waals surface area contributed by atoms with E-state index < -0.39 is 0 Å². The Kier molecular flexibility index (Phi) is 6.88. The third-order valence-electron chi connectivity index (χ3n) is 9.35. The summed E-state index contributed by atoms with van der Waals surface area (Å²) in [4.78, 5) is 0. The number of nitrogens with zero attached hydrogens (tertiary/aromatic N) is 2. The summed E-state index contributed by atoms with van der Waals surface area (Å²) < 4.78 is 24.6. The van der Waals surface area contributed by atoms with E-state index in [1.54, 1.807) is 25.5 Å². The predicted octanol–water partition coefficient (Wildman–Crippen LogP) is 7.45. The van der Waals surface area contributed by atoms with Crippen molar-refractivity contribution in [3.63, 3.8) is 0 Å². The number of fused-ring (bicyclic) bond motifs is 5. The molecule has 0 heterocycles. The average Bonchev–Trinajstić information content (AvgIpc) is 3.28. The number of aryl methyl sites for hydroxylation is 1. The normalized spacial score (nSPS) is 26.7. The van der Waals surface area contributed by atoms with Crippen molar-refractivity contribution in [2.24, 2.45) is 27.5 Å². The highest BCUT2D eigenvalue weighted by atomic mass is 19.1. The standard InChI is InChI=1S/C33H35FN2O3/c1-33-16-15-28-27-11-7-25(37)18-22(27)4-10-29(28)30(33)12-14-32(33)36-35-19-21-3-13-31(38-2)23(17-21)20-39-26-8-5-24(34)6-9-26/h3,5-9,11,13,17-19,28-30,37H,4,10,12,14-16,20H2,1-2H3/t28-,29-,30-,33-/m1/s1. The summed E-state index contributed by atoms with van der Waals surface area (Å²) >= 11 is 0. The molecule has 3 aliphatic carbocycles. The van der Waals surface area contributed by atoms with Crippen LogP contribution < -0.4 is 9.47 Å². The molecule has 0 spiro atoms. The maximum Gasteiger partial charge on any atom is 0.125 e. The zero-order valence-electron chi connectivity index (χ0n) is 22.6. The van der Waals surface area contributed by atoms with Gasteiger partial charge in [-0.1, -0.05) is 13.0 Å². The van der Waals surface area contributed by atoms with Crippen LogP contribution in [-0.4, -0.2) is 24.1 Å². The number of phenols is 1. The van der Waals surface area contributed by atoms with Crippen LogP contribution in [0.15, 0.2) is 70.9 Å². The number of phenolic OH excluding ortho intramolecular Hbond substituents is 1. The summed E-state index contributed by atoms with van der Waals surface area (Å²) in [6.45, 7) is 2.70. The molecule has 3 aliphatic rings. The molecule has 5 nitrogen and oxygen atoms in total. The van der Waals surface area contributed by atoms with Gasteiger partial charge in [0.15, 0.2) is 0 Å². The largest absolute Gasteiger partial charge is 0.508 e. The molecule has 2 fully saturated rings. The third-order valence-corrected chi connectivity index (χ3v) is 9.35. The van der Waals surface area contributed by atoms with E-state index in [1.165, 1.54) is 41.8 Å². The van der Waals surface area contributed by atoms with Gasteiger partial charge in [-0.05, 0) is 128 Å². The van der Waals surface area contributed by atoms with E-state index in [2.05, 4.69) is 18.1 Å². The van der Waals surface area contributed by atoms with Crippen LogP contribution in [0, 0.1) is 23.1 Å². The molecule has 0 aromatic heterocycles. The minimum atomic E-state index is -0.291. The van der Waals surface area contributed by atoms with Gasteiger partial charge < -0.3 is 14.6 Å². The molecule has 0 bridgehead atoms. The summed E-state index contributed by atoms with van der Waals surface area (Å²) in [6, 6.07) is 17.8. The summed E-state index contributed by atoms with van der Waals surface area (Å²) in [5.74, 6) is 3.30. The second-order valence-corrected chi connectivity index (χ2v) is 11.4. The maximum atomic E-state index is 13.2. The Morgan fingerprint density at radius 1 is 1.03 bits per heavy atom. The molecular weight excluding hydrogens is 491 g/mol. The number of methoxy groups -OCH3 is 1. The van der Waals surface area contributed by atoms with E-state index >= 15 is 0 Å². The van der Waals surface area contributed by atoms with Gasteiger partial charge in [0.05, 0.1) is 13.3 Å². The van der Waals surface area contributed by atoms with Gasteiger partial charge in [0.1, 0.15) is 29.7 Å². The second-order valence-electron chi connectivity index (χ2n) is 11.4. The van der Waals surface area contributed by atoms with Crippen LogP contribution in [0.1, 0.15) is 67.2 Å². The molecule has 0 amide bonds. The van der Waals surface area contributed by atoms with Crippen LogP contribution in [0.4, 0.5) is 4.39 Å². The van der Waals surface area contributed by atoms with Crippen molar-refractivity contribution >= 4 is 11.9 Å². The van der Waals surface area contributed by atoms with Gasteiger partial charge >= 0.3 is 0 Å². The van der Waals surface area contributed by atoms with Crippen LogP contribution in [-0.2, 0) is 13.0 Å². The first kappa shape index (κ1) is 25.6. The number of aromatic hydroxyl groups is 1. The Labute approximate surface area is 229 Å². The van der Waals surface area contributed by atoms with E-state index in [9.17, 15) is 9.50 Å². The average molecular weight is 527 g/mol. The molecule has 3 aromatic carbocycles. The topological polar surface area (TPSA) is 63.4 Å². The fourth-order valence-corrected chi connectivity index (χ4v) is 7.37. The first-order valence-electron chi connectivity index (χ1n) is 13.9. The van der Waals surface area contributed by atoms with Crippen molar-refractivity contribution in [1.82, 2.24) is 0 Å². The van der Waals surface area contributed by atoms with E-state index in [4.69, 9.17) is 14.6 Å². The van der Waals surface area contributed by atoms with Crippen molar-refractivity contribution < 1.29 is 19.0 Å². The Bertz CT molecular complexity index is 1420. The zero-order valence-corrected chi connectivity index (χ0v) is 22.6. The van der Waals surface area contributed by atoms with Crippen molar-refractivity contribution in [3.8, 4) is 17.2 Å². The summed E-state index contributed by atoms with van der Waals surface area (Å²) in [5, 5.41) is 19.3. The minimum absolute atomic E-state index is 0.0982. The molecule has 3 aromatic rings. The van der Waals surface area contributed by atoms with Crippen LogP contribution in [0.25, 0.3) is 0 Å². The Hall–Kier alpha value is -3.67. The molecule has 0 saturated heterocycles. The van der Waals surface area contributed by atoms with Gasteiger partial charge in [0.25, 0.3) is 0 Å². The first-order chi connectivity index (χ1) is 18.9. The molecule has 0 aliphatic heterocycles. The number of ether oxygens (including phenoxy) is 2. The van der Waals surface area contributed by atoms with Gasteiger partial charge in [-0.2, -0.15) is 10.2 Å². The van der Waals surface area contributed by atoms with E-state index in [0.29, 0.717) is 35.9 Å². The highest BCUT2D eigenvalue weighted by Crippen LogP contribution is 2.60. The number of halogens is 1. The summed E-state index contributed by atoms with van der Waals surface area (Å²) in [6.07, 6.45) is 8.50. The fourth-order valence-electron chi connectivity index (χ4n) is 7.37. The van der Waals surface area contributed by atoms with E-state index in [-0.39, 0.29) is 11.2 Å². The van der Waals surface area contributed by atoms with Crippen LogP contribution >= 0.6 is 0 Å². The molecule has 2 saturated carbocycles. The Morgan fingerprint density at radius 3 is 2.69 bits per heavy atom. The number of rotatable bonds is 6. The van der Waals surface area contributed by atoms with E-state index in [0.717, 1.165) is 42.6 Å². The maximum absolute atomic E-state index is 13.2. The lowest BCUT2D eigenvalue weighted by Crippen LogP contribution is -2.42. The predicted molar refractivity (Wildman–Crippen MR) is 151 cm³/mol. The Morgan fingerprint density at radius 2 is 1.87 bits per heavy atom. The first-order valence-corrected chi connectivity index (χ1v) is 13.9. The van der Waals surface area contributed by atoms with Gasteiger partial charge in [0.2, 0.25) is 0 Å². The molecule has 202 valence electrons. The molecule has 39 heavy (non-hydrogen) atoms. The summed E-state index contributed by atoms with van der Waals surface area (Å²) in [5.41, 5.74) is 5.92. The van der Waals surface area contributed by atoms with Gasteiger partial charge in [-0.25, -0.2) is 4.39 Å². The smallest absolute Gasteiger partial charge is 0.125 e. The lowest BCUT2D eigenvalue weighted by molar-refractivity contribution is 0.0955. The zero-order chi connectivity index (χ0) is 27.0. The number of benzene rings is 3. The number of hydrogen-bond donors (Lipinski definition) is 1. The molecule has 4 atom stereocenters. The van der Waals surface area contributed by atoms with Crippen LogP contribution in [0.2, 0.25) is 0 Å². The lowest BCUT2D eigenvalue weighted by Gasteiger charge is -2.49. The SMILES string of the molecule is COc1ccc(C=NN=C2CC[C@@H]3[C@@H]4CCc5cc(O)ccc5[C@H]4CC[C@@]23C)cc1COc1ccc(F)cc1. The highest BCUT2D eigenvalue weighted by Gasteiger charge is 2.53. The highest BCUT2D eigenvalue weighted by molar-refractivity contribution is 5.93. The Balaban J connectivity index is 1.16. The van der Waals surface area contributed by atoms with Gasteiger partial charge in [-0.3, -0.25) is 0 Å². The van der Waals surface area contributed by atoms with Gasteiger partial charge in [-0.15, -0.1) is 0 Å². The second kappa shape index (κ2) is 10.5. The van der Waals surface area contributed by atoms with Crippen LogP contribution in [0.3, 0.4) is 0 Å². The minimum Gasteiger partial charge on any atom is -0.508 e. The molecule has 0 unspecified atom stereocenters. The third kappa shape index (κ3) is 4.93. The quantitative estimate of drug-likeness (QED) is 0.268. The number of hydrogen-bond acceptors (Lipinski definition) is 5. The van der Waals surface area contributed by atoms with Crippen molar-refractivity contribution in [2.45, 2.75) is 58.0 Å². The molecule has 0 radical (unpaired) electrons. The molecular formula is C33H35FN2O3. The fraction of sp³-hybridized carbons (Fsp3) is 0.394. The van der Waals surface area contributed by atoms with Crippen molar-refractivity contribution in [1.29, 1.82) is 0 Å². The van der Waals surface area contributed by atoms with Crippen molar-refractivity contribution in [2.75, 3.05) is 7.11 Å². The van der Waals surface area contributed by atoms with Crippen molar-refractivity contribution in [3.05, 3.63) is 88.7 Å². The molecule has 1 N–H and O–H groups in total. The molecule has 6 heteroatoms. The molecule has 6 rings (SSSR count). The van der Waals surface area contributed by atoms with Crippen LogP contribution in [0.5, 0.6) is 17.2 Å². The monoisotopic (exact) mass is 526 g/mol. The van der Waals surface area contributed by atoms with Gasteiger partial charge in [0, 0.05) is 16.7 Å². The summed E-state index contributed by atoms with van der Waals surface area (Å²) in [7, 11) is 1.64. The van der Waals surface area contributed by atoms with E-state index in [1.807, 2.05) is 30.3 Å².